The second-order valence-corrected chi connectivity index (χ2v) is 7.64. The normalized spacial score (nSPS) is 22.6. The van der Waals surface area contributed by atoms with Crippen LogP contribution in [0.3, 0.4) is 0 Å². The highest BCUT2D eigenvalue weighted by atomic mass is 16.6. The van der Waals surface area contributed by atoms with Crippen molar-refractivity contribution in [2.75, 3.05) is 26.2 Å². The molecule has 2 aliphatic rings. The fourth-order valence-electron chi connectivity index (χ4n) is 3.24. The number of hydrogen-bond acceptors (Lipinski definition) is 3. The minimum atomic E-state index is -0.405. The molecule has 4 nitrogen and oxygen atoms in total. The highest BCUT2D eigenvalue weighted by Crippen LogP contribution is 2.21. The Kier molecular flexibility index (Phi) is 6.30. The first kappa shape index (κ1) is 17.3. The van der Waals surface area contributed by atoms with E-state index >= 15 is 0 Å². The van der Waals surface area contributed by atoms with Crippen molar-refractivity contribution >= 4 is 6.09 Å². The topological polar surface area (TPSA) is 41.6 Å². The van der Waals surface area contributed by atoms with Crippen LogP contribution in [0.4, 0.5) is 4.79 Å². The molecule has 0 bridgehead atoms. The molecule has 126 valence electrons. The first-order valence-corrected chi connectivity index (χ1v) is 8.80. The van der Waals surface area contributed by atoms with E-state index in [1.165, 1.54) is 32.1 Å². The molecule has 1 heterocycles. The van der Waals surface area contributed by atoms with Crippen LogP contribution in [-0.2, 0) is 4.74 Å². The van der Waals surface area contributed by atoms with Gasteiger partial charge in [0.25, 0.3) is 0 Å². The largest absolute Gasteiger partial charge is 0.444 e. The van der Waals surface area contributed by atoms with E-state index in [4.69, 9.17) is 4.74 Å². The van der Waals surface area contributed by atoms with E-state index in [-0.39, 0.29) is 6.09 Å². The maximum atomic E-state index is 12.1. The second-order valence-electron chi connectivity index (χ2n) is 7.64. The fourth-order valence-corrected chi connectivity index (χ4v) is 3.24. The van der Waals surface area contributed by atoms with Gasteiger partial charge in [0.15, 0.2) is 0 Å². The molecule has 0 aromatic rings. The maximum absolute atomic E-state index is 12.1. The maximum Gasteiger partial charge on any atom is 0.410 e. The SMILES string of the molecule is CC(C)(C)OC(=O)N1CCCC(CNCCC2=CCCC2)C1. The Morgan fingerprint density at radius 3 is 2.91 bits per heavy atom. The van der Waals surface area contributed by atoms with E-state index in [9.17, 15) is 4.79 Å². The molecule has 22 heavy (non-hydrogen) atoms. The van der Waals surface area contributed by atoms with Crippen LogP contribution in [0.5, 0.6) is 0 Å². The zero-order valence-corrected chi connectivity index (χ0v) is 14.5. The lowest BCUT2D eigenvalue weighted by Gasteiger charge is -2.34. The van der Waals surface area contributed by atoms with Gasteiger partial charge in [-0.25, -0.2) is 4.79 Å². The summed E-state index contributed by atoms with van der Waals surface area (Å²) in [4.78, 5) is 14.0. The zero-order chi connectivity index (χ0) is 16.0. The molecule has 0 aromatic carbocycles. The summed E-state index contributed by atoms with van der Waals surface area (Å²) in [5.74, 6) is 0.554. The Bertz CT molecular complexity index is 398. The number of likely N-dealkylation sites (tertiary alicyclic amines) is 1. The van der Waals surface area contributed by atoms with E-state index in [1.807, 2.05) is 25.7 Å². The second kappa shape index (κ2) is 8.00. The van der Waals surface area contributed by atoms with Gasteiger partial charge in [0.2, 0.25) is 0 Å². The van der Waals surface area contributed by atoms with Crippen molar-refractivity contribution in [1.82, 2.24) is 10.2 Å². The van der Waals surface area contributed by atoms with Crippen molar-refractivity contribution < 1.29 is 9.53 Å². The number of piperidine rings is 1. The van der Waals surface area contributed by atoms with Crippen LogP contribution in [0.2, 0.25) is 0 Å². The molecule has 1 fully saturated rings. The number of hydrogen-bond donors (Lipinski definition) is 1. The quantitative estimate of drug-likeness (QED) is 0.621. The van der Waals surface area contributed by atoms with Gasteiger partial charge in [-0.1, -0.05) is 11.6 Å². The van der Waals surface area contributed by atoms with E-state index < -0.39 is 5.60 Å². The number of amides is 1. The molecule has 1 aliphatic heterocycles. The number of nitrogens with one attached hydrogen (secondary N) is 1. The molecule has 0 spiro atoms. The van der Waals surface area contributed by atoms with E-state index in [1.54, 1.807) is 5.57 Å². The van der Waals surface area contributed by atoms with Gasteiger partial charge in [-0.15, -0.1) is 0 Å². The molecular weight excluding hydrogens is 276 g/mol. The number of ether oxygens (including phenoxy) is 1. The molecule has 1 atom stereocenters. The fraction of sp³-hybridized carbons (Fsp3) is 0.833. The highest BCUT2D eigenvalue weighted by molar-refractivity contribution is 5.68. The van der Waals surface area contributed by atoms with Gasteiger partial charge in [0.05, 0.1) is 0 Å². The molecule has 0 aromatic heterocycles. The number of carbonyl (C=O) groups is 1. The third kappa shape index (κ3) is 5.99. The van der Waals surface area contributed by atoms with Gasteiger partial charge in [-0.05, 0) is 78.3 Å². The van der Waals surface area contributed by atoms with Crippen molar-refractivity contribution in [3.05, 3.63) is 11.6 Å². The van der Waals surface area contributed by atoms with Crippen LogP contribution in [0.15, 0.2) is 11.6 Å². The predicted molar refractivity (Wildman–Crippen MR) is 90.0 cm³/mol. The average molecular weight is 308 g/mol. The molecule has 0 radical (unpaired) electrons. The number of rotatable bonds is 5. The van der Waals surface area contributed by atoms with Crippen molar-refractivity contribution in [2.24, 2.45) is 5.92 Å². The highest BCUT2D eigenvalue weighted by Gasteiger charge is 2.27. The Balaban J connectivity index is 1.65. The van der Waals surface area contributed by atoms with Crippen LogP contribution in [-0.4, -0.2) is 42.8 Å². The van der Waals surface area contributed by atoms with E-state index in [2.05, 4.69) is 11.4 Å². The third-order valence-electron chi connectivity index (χ3n) is 4.36. The molecule has 2 rings (SSSR count). The Morgan fingerprint density at radius 1 is 1.41 bits per heavy atom. The van der Waals surface area contributed by atoms with Gasteiger partial charge < -0.3 is 15.0 Å². The number of allylic oxidation sites excluding steroid dienone is 1. The minimum Gasteiger partial charge on any atom is -0.444 e. The molecule has 1 saturated heterocycles. The van der Waals surface area contributed by atoms with Crippen LogP contribution >= 0.6 is 0 Å². The van der Waals surface area contributed by atoms with Crippen LogP contribution in [0, 0.1) is 5.92 Å². The summed E-state index contributed by atoms with van der Waals surface area (Å²) < 4.78 is 5.48. The standard InChI is InChI=1S/C18H32N2O2/c1-18(2,3)22-17(21)20-12-6-9-16(14-20)13-19-11-10-15-7-4-5-8-15/h7,16,19H,4-6,8-14H2,1-3H3. The summed E-state index contributed by atoms with van der Waals surface area (Å²) in [6.07, 6.45) is 9.59. The molecular formula is C18H32N2O2. The van der Waals surface area contributed by atoms with Crippen LogP contribution in [0.25, 0.3) is 0 Å². The smallest absolute Gasteiger partial charge is 0.410 e. The van der Waals surface area contributed by atoms with E-state index in [0.29, 0.717) is 5.92 Å². The van der Waals surface area contributed by atoms with Crippen molar-refractivity contribution in [2.45, 2.75) is 64.9 Å². The van der Waals surface area contributed by atoms with Gasteiger partial charge in [-0.3, -0.25) is 0 Å². The van der Waals surface area contributed by atoms with Crippen LogP contribution in [0.1, 0.15) is 59.3 Å². The summed E-state index contributed by atoms with van der Waals surface area (Å²) in [5.41, 5.74) is 1.21. The Hall–Kier alpha value is -1.03. The molecule has 1 aliphatic carbocycles. The molecule has 1 unspecified atom stereocenters. The Morgan fingerprint density at radius 2 is 2.23 bits per heavy atom. The van der Waals surface area contributed by atoms with E-state index in [0.717, 1.165) is 32.6 Å². The van der Waals surface area contributed by atoms with Crippen molar-refractivity contribution in [3.63, 3.8) is 0 Å². The summed E-state index contributed by atoms with van der Waals surface area (Å²) >= 11 is 0. The predicted octanol–water partition coefficient (Wildman–Crippen LogP) is 3.72. The van der Waals surface area contributed by atoms with Crippen molar-refractivity contribution in [3.8, 4) is 0 Å². The van der Waals surface area contributed by atoms with Crippen molar-refractivity contribution in [1.29, 1.82) is 0 Å². The number of nitrogens with zero attached hydrogens (tertiary/aromatic N) is 1. The summed E-state index contributed by atoms with van der Waals surface area (Å²) in [5, 5.41) is 3.57. The van der Waals surface area contributed by atoms with Gasteiger partial charge in [0.1, 0.15) is 5.60 Å². The lowest BCUT2D eigenvalue weighted by molar-refractivity contribution is 0.0166. The molecule has 4 heteroatoms. The zero-order valence-electron chi connectivity index (χ0n) is 14.5. The number of carbonyl (C=O) groups excluding carboxylic acids is 1. The summed E-state index contributed by atoms with van der Waals surface area (Å²) in [7, 11) is 0. The average Bonchev–Trinajstić information content (AvgIpc) is 2.95. The van der Waals surface area contributed by atoms with Gasteiger partial charge in [0, 0.05) is 13.1 Å². The molecule has 1 amide bonds. The molecule has 1 N–H and O–H groups in total. The lowest BCUT2D eigenvalue weighted by atomic mass is 9.98. The summed E-state index contributed by atoms with van der Waals surface area (Å²) in [6, 6.07) is 0. The van der Waals surface area contributed by atoms with Gasteiger partial charge >= 0.3 is 6.09 Å². The lowest BCUT2D eigenvalue weighted by Crippen LogP contribution is -2.45. The first-order chi connectivity index (χ1) is 10.4. The van der Waals surface area contributed by atoms with Gasteiger partial charge in [-0.2, -0.15) is 0 Å². The Labute approximate surface area is 135 Å². The molecule has 0 saturated carbocycles. The van der Waals surface area contributed by atoms with Crippen LogP contribution < -0.4 is 5.32 Å². The minimum absolute atomic E-state index is 0.159. The first-order valence-electron chi connectivity index (χ1n) is 8.80. The summed E-state index contributed by atoms with van der Waals surface area (Å²) in [6.45, 7) is 9.49. The monoisotopic (exact) mass is 308 g/mol. The third-order valence-corrected chi connectivity index (χ3v) is 4.36.